The van der Waals surface area contributed by atoms with Crippen molar-refractivity contribution in [3.63, 3.8) is 0 Å². The van der Waals surface area contributed by atoms with Crippen molar-refractivity contribution in [1.29, 1.82) is 0 Å². The molecular formula is C26H35Cl2N3O4S. The van der Waals surface area contributed by atoms with Gasteiger partial charge in [-0.05, 0) is 61.6 Å². The number of hydrogen-bond acceptors (Lipinski definition) is 4. The van der Waals surface area contributed by atoms with Crippen LogP contribution in [0.25, 0.3) is 0 Å². The molecular weight excluding hydrogens is 521 g/mol. The smallest absolute Gasteiger partial charge is 0.244 e. The second kappa shape index (κ2) is 12.8. The van der Waals surface area contributed by atoms with Gasteiger partial charge in [0.05, 0.1) is 22.0 Å². The third kappa shape index (κ3) is 8.11. The zero-order valence-electron chi connectivity index (χ0n) is 21.6. The normalized spacial score (nSPS) is 12.5. The van der Waals surface area contributed by atoms with Gasteiger partial charge in [0.15, 0.2) is 0 Å². The van der Waals surface area contributed by atoms with Crippen LogP contribution in [0.4, 0.5) is 5.69 Å². The molecule has 0 radical (unpaired) electrons. The van der Waals surface area contributed by atoms with Crippen molar-refractivity contribution in [2.24, 2.45) is 0 Å². The maximum atomic E-state index is 13.7. The lowest BCUT2D eigenvalue weighted by Crippen LogP contribution is -2.53. The Hall–Kier alpha value is -2.29. The number of anilines is 1. The summed E-state index contributed by atoms with van der Waals surface area (Å²) in [6, 6.07) is 11.1. The van der Waals surface area contributed by atoms with Crippen molar-refractivity contribution in [2.75, 3.05) is 17.1 Å². The quantitative estimate of drug-likeness (QED) is 0.412. The summed E-state index contributed by atoms with van der Waals surface area (Å²) in [5, 5.41) is 3.55. The Bertz CT molecular complexity index is 1170. The second-order valence-electron chi connectivity index (χ2n) is 9.37. The van der Waals surface area contributed by atoms with Crippen LogP contribution in [-0.4, -0.2) is 50.0 Å². The number of nitrogens with one attached hydrogen (secondary N) is 1. The van der Waals surface area contributed by atoms with Crippen LogP contribution in [0.5, 0.6) is 0 Å². The van der Waals surface area contributed by atoms with Crippen LogP contribution < -0.4 is 9.62 Å². The first-order valence-corrected chi connectivity index (χ1v) is 14.5. The Morgan fingerprint density at radius 3 is 2.06 bits per heavy atom. The van der Waals surface area contributed by atoms with Crippen molar-refractivity contribution >= 4 is 50.7 Å². The number of carbonyl (C=O) groups is 2. The molecule has 0 saturated carbocycles. The van der Waals surface area contributed by atoms with E-state index in [2.05, 4.69) is 5.32 Å². The van der Waals surface area contributed by atoms with Gasteiger partial charge in [-0.2, -0.15) is 0 Å². The Kier molecular flexibility index (Phi) is 10.6. The standard InChI is InChI=1S/C26H35Cl2N3O4S/c1-7-24(26(33)29-18(4)5)30(15-19-8-13-22(27)23(28)14-19)25(32)16-31(36(6,34)35)21-11-9-20(10-12-21)17(2)3/h8-14,17-18,24H,7,15-16H2,1-6H3,(H,29,33)/t24-/m1/s1. The molecule has 7 nitrogen and oxygen atoms in total. The second-order valence-corrected chi connectivity index (χ2v) is 12.1. The van der Waals surface area contributed by atoms with Crippen LogP contribution in [-0.2, 0) is 26.2 Å². The number of sulfonamides is 1. The summed E-state index contributed by atoms with van der Waals surface area (Å²) in [7, 11) is -3.79. The average Bonchev–Trinajstić information content (AvgIpc) is 2.78. The SMILES string of the molecule is CC[C@H](C(=O)NC(C)C)N(Cc1ccc(Cl)c(Cl)c1)C(=O)CN(c1ccc(C(C)C)cc1)S(C)(=O)=O. The molecule has 1 N–H and O–H groups in total. The first-order valence-electron chi connectivity index (χ1n) is 11.9. The van der Waals surface area contributed by atoms with Crippen LogP contribution in [0.15, 0.2) is 42.5 Å². The topological polar surface area (TPSA) is 86.8 Å². The van der Waals surface area contributed by atoms with E-state index in [0.717, 1.165) is 16.1 Å². The van der Waals surface area contributed by atoms with Gasteiger partial charge in [0.25, 0.3) is 0 Å². The van der Waals surface area contributed by atoms with Crippen molar-refractivity contribution in [3.8, 4) is 0 Å². The molecule has 0 bridgehead atoms. The van der Waals surface area contributed by atoms with Gasteiger partial charge in [0.1, 0.15) is 12.6 Å². The zero-order chi connectivity index (χ0) is 27.2. The van der Waals surface area contributed by atoms with E-state index in [0.29, 0.717) is 27.7 Å². The molecule has 0 unspecified atom stereocenters. The molecule has 0 aliphatic rings. The number of hydrogen-bond donors (Lipinski definition) is 1. The van der Waals surface area contributed by atoms with Gasteiger partial charge in [0.2, 0.25) is 21.8 Å². The van der Waals surface area contributed by atoms with E-state index >= 15 is 0 Å². The maximum Gasteiger partial charge on any atom is 0.244 e. The van der Waals surface area contributed by atoms with Gasteiger partial charge in [-0.25, -0.2) is 8.42 Å². The van der Waals surface area contributed by atoms with E-state index in [1.54, 1.807) is 37.3 Å². The fourth-order valence-corrected chi connectivity index (χ4v) is 4.94. The highest BCUT2D eigenvalue weighted by molar-refractivity contribution is 7.92. The molecule has 0 aromatic heterocycles. The third-order valence-electron chi connectivity index (χ3n) is 5.68. The van der Waals surface area contributed by atoms with Crippen molar-refractivity contribution in [2.45, 2.75) is 65.6 Å². The van der Waals surface area contributed by atoms with E-state index in [9.17, 15) is 18.0 Å². The molecule has 198 valence electrons. The van der Waals surface area contributed by atoms with Gasteiger partial charge in [-0.3, -0.25) is 13.9 Å². The van der Waals surface area contributed by atoms with Crippen LogP contribution in [0, 0.1) is 0 Å². The monoisotopic (exact) mass is 555 g/mol. The first-order chi connectivity index (χ1) is 16.7. The molecule has 0 saturated heterocycles. The van der Waals surface area contributed by atoms with Crippen molar-refractivity contribution < 1.29 is 18.0 Å². The highest BCUT2D eigenvalue weighted by atomic mass is 35.5. The van der Waals surface area contributed by atoms with Crippen LogP contribution in [0.2, 0.25) is 10.0 Å². The molecule has 2 aromatic rings. The van der Waals surface area contributed by atoms with Gasteiger partial charge in [-0.1, -0.05) is 62.2 Å². The highest BCUT2D eigenvalue weighted by Crippen LogP contribution is 2.25. The minimum atomic E-state index is -3.79. The molecule has 0 heterocycles. The molecule has 0 aliphatic carbocycles. The van der Waals surface area contributed by atoms with E-state index in [-0.39, 0.29) is 24.4 Å². The lowest BCUT2D eigenvalue weighted by atomic mass is 10.0. The molecule has 10 heteroatoms. The summed E-state index contributed by atoms with van der Waals surface area (Å²) in [5.41, 5.74) is 2.10. The molecule has 2 aromatic carbocycles. The number of carbonyl (C=O) groups excluding carboxylic acids is 2. The summed E-state index contributed by atoms with van der Waals surface area (Å²) in [4.78, 5) is 28.1. The van der Waals surface area contributed by atoms with Gasteiger partial charge in [0, 0.05) is 12.6 Å². The predicted octanol–water partition coefficient (Wildman–Crippen LogP) is 5.21. The predicted molar refractivity (Wildman–Crippen MR) is 147 cm³/mol. The first kappa shape index (κ1) is 29.9. The van der Waals surface area contributed by atoms with Crippen LogP contribution in [0.3, 0.4) is 0 Å². The molecule has 1 atom stereocenters. The fraction of sp³-hybridized carbons (Fsp3) is 0.462. The molecule has 0 aliphatic heterocycles. The average molecular weight is 557 g/mol. The Morgan fingerprint density at radius 2 is 1.58 bits per heavy atom. The minimum Gasteiger partial charge on any atom is -0.352 e. The molecule has 2 rings (SSSR count). The molecule has 0 spiro atoms. The highest BCUT2D eigenvalue weighted by Gasteiger charge is 2.32. The van der Waals surface area contributed by atoms with Crippen molar-refractivity contribution in [3.05, 3.63) is 63.6 Å². The van der Waals surface area contributed by atoms with Gasteiger partial charge in [-0.15, -0.1) is 0 Å². The van der Waals surface area contributed by atoms with Crippen molar-refractivity contribution in [1.82, 2.24) is 10.2 Å². The zero-order valence-corrected chi connectivity index (χ0v) is 23.9. The minimum absolute atomic E-state index is 0.0592. The lowest BCUT2D eigenvalue weighted by molar-refractivity contribution is -0.140. The molecule has 0 fully saturated rings. The van der Waals surface area contributed by atoms with Gasteiger partial charge >= 0.3 is 0 Å². The summed E-state index contributed by atoms with van der Waals surface area (Å²) in [5.74, 6) is -0.544. The summed E-state index contributed by atoms with van der Waals surface area (Å²) < 4.78 is 26.5. The number of rotatable bonds is 11. The Balaban J connectivity index is 2.46. The largest absolute Gasteiger partial charge is 0.352 e. The van der Waals surface area contributed by atoms with E-state index in [4.69, 9.17) is 23.2 Å². The van der Waals surface area contributed by atoms with E-state index in [1.807, 2.05) is 39.8 Å². The number of benzene rings is 2. The molecule has 2 amide bonds. The van der Waals surface area contributed by atoms with E-state index in [1.165, 1.54) is 4.90 Å². The molecule has 36 heavy (non-hydrogen) atoms. The van der Waals surface area contributed by atoms with Crippen LogP contribution in [0.1, 0.15) is 58.1 Å². The van der Waals surface area contributed by atoms with E-state index < -0.39 is 28.5 Å². The Labute approximate surface area is 224 Å². The fourth-order valence-electron chi connectivity index (χ4n) is 3.77. The summed E-state index contributed by atoms with van der Waals surface area (Å²) in [6.07, 6.45) is 1.40. The number of amides is 2. The number of halogens is 2. The van der Waals surface area contributed by atoms with Crippen LogP contribution >= 0.6 is 23.2 Å². The lowest BCUT2D eigenvalue weighted by Gasteiger charge is -2.33. The summed E-state index contributed by atoms with van der Waals surface area (Å²) in [6.45, 7) is 9.17. The Morgan fingerprint density at radius 1 is 0.972 bits per heavy atom. The van der Waals surface area contributed by atoms with Gasteiger partial charge < -0.3 is 10.2 Å². The maximum absolute atomic E-state index is 13.7. The summed E-state index contributed by atoms with van der Waals surface area (Å²) >= 11 is 12.2. The third-order valence-corrected chi connectivity index (χ3v) is 7.56. The number of nitrogens with zero attached hydrogens (tertiary/aromatic N) is 2.